The molecule has 1 aromatic heterocycles. The minimum Gasteiger partial charge on any atom is -0.478 e. The number of rotatable bonds is 6. The Morgan fingerprint density at radius 3 is 2.36 bits per heavy atom. The van der Waals surface area contributed by atoms with Crippen LogP contribution in [0.15, 0.2) is 83.8 Å². The fraction of sp³-hybridized carbons (Fsp3) is 0.0714. The van der Waals surface area contributed by atoms with E-state index in [0.29, 0.717) is 28.1 Å². The Kier molecular flexibility index (Phi) is 5.81. The second kappa shape index (κ2) is 8.98. The van der Waals surface area contributed by atoms with Gasteiger partial charge < -0.3 is 15.4 Å². The van der Waals surface area contributed by atoms with E-state index in [0.717, 1.165) is 16.8 Å². The number of fused-ring (bicyclic) bond motifs is 1. The zero-order chi connectivity index (χ0) is 25.4. The molecule has 3 N–H and O–H groups in total. The Morgan fingerprint density at radius 2 is 1.67 bits per heavy atom. The highest BCUT2D eigenvalue weighted by Crippen LogP contribution is 2.37. The van der Waals surface area contributed by atoms with Crippen LogP contribution in [0.2, 0.25) is 0 Å². The second-order valence-electron chi connectivity index (χ2n) is 8.63. The molecule has 0 bridgehead atoms. The summed E-state index contributed by atoms with van der Waals surface area (Å²) in [5.41, 5.74) is 5.35. The van der Waals surface area contributed by atoms with Gasteiger partial charge in [-0.25, -0.2) is 13.2 Å². The van der Waals surface area contributed by atoms with Crippen LogP contribution in [-0.2, 0) is 20.4 Å². The minimum absolute atomic E-state index is 0.139. The largest absolute Gasteiger partial charge is 0.478 e. The Morgan fingerprint density at radius 1 is 0.944 bits per heavy atom. The molecule has 0 atom stereocenters. The molecule has 2 heterocycles. The van der Waals surface area contributed by atoms with Crippen LogP contribution in [0, 0.1) is 6.92 Å². The van der Waals surface area contributed by atoms with Gasteiger partial charge in [0, 0.05) is 28.2 Å². The summed E-state index contributed by atoms with van der Waals surface area (Å²) in [5.74, 6) is -1.48. The summed E-state index contributed by atoms with van der Waals surface area (Å²) < 4.78 is 26.2. The Balaban J connectivity index is 1.54. The van der Waals surface area contributed by atoms with E-state index in [1.807, 2.05) is 19.1 Å². The molecule has 180 valence electrons. The van der Waals surface area contributed by atoms with E-state index in [9.17, 15) is 23.1 Å². The van der Waals surface area contributed by atoms with Gasteiger partial charge in [0.05, 0.1) is 21.8 Å². The van der Waals surface area contributed by atoms with E-state index in [1.165, 1.54) is 24.3 Å². The summed E-state index contributed by atoms with van der Waals surface area (Å²) in [7, 11) is -3.63. The predicted octanol–water partition coefficient (Wildman–Crippen LogP) is 5.15. The number of H-pyrrole nitrogens is 1. The number of aryl methyl sites for hydroxylation is 1. The van der Waals surface area contributed by atoms with Crippen molar-refractivity contribution < 1.29 is 23.1 Å². The van der Waals surface area contributed by atoms with Crippen molar-refractivity contribution in [1.29, 1.82) is 0 Å². The van der Waals surface area contributed by atoms with Gasteiger partial charge >= 0.3 is 5.97 Å². The van der Waals surface area contributed by atoms with Crippen molar-refractivity contribution in [3.05, 3.63) is 107 Å². The molecule has 0 spiro atoms. The van der Waals surface area contributed by atoms with Crippen LogP contribution in [-0.4, -0.2) is 30.4 Å². The summed E-state index contributed by atoms with van der Waals surface area (Å²) in [6.45, 7) is 1.88. The zero-order valence-electron chi connectivity index (χ0n) is 19.3. The van der Waals surface area contributed by atoms with Gasteiger partial charge in [-0.15, -0.1) is 0 Å². The van der Waals surface area contributed by atoms with E-state index < -0.39 is 15.8 Å². The third-order valence-corrected chi connectivity index (χ3v) is 7.73. The smallest absolute Gasteiger partial charge is 0.335 e. The van der Waals surface area contributed by atoms with Crippen molar-refractivity contribution in [2.24, 2.45) is 0 Å². The maximum absolute atomic E-state index is 13.1. The van der Waals surface area contributed by atoms with Gasteiger partial charge in [0.1, 0.15) is 0 Å². The number of carboxylic acid groups (broad SMARTS) is 1. The molecule has 0 unspecified atom stereocenters. The highest BCUT2D eigenvalue weighted by Gasteiger charge is 2.27. The number of aromatic nitrogens is 1. The van der Waals surface area contributed by atoms with Crippen LogP contribution in [0.1, 0.15) is 32.9 Å². The molecule has 1 aliphatic rings. The fourth-order valence-corrected chi connectivity index (χ4v) is 5.65. The van der Waals surface area contributed by atoms with Crippen LogP contribution < -0.4 is 5.32 Å². The number of nitrogens with one attached hydrogen (secondary N) is 2. The van der Waals surface area contributed by atoms with E-state index >= 15 is 0 Å². The first-order chi connectivity index (χ1) is 17.2. The lowest BCUT2D eigenvalue weighted by atomic mass is 10.0. The van der Waals surface area contributed by atoms with Crippen LogP contribution in [0.3, 0.4) is 0 Å². The Hall–Kier alpha value is -4.43. The number of anilines is 1. The molecule has 5 rings (SSSR count). The van der Waals surface area contributed by atoms with Gasteiger partial charge in [-0.2, -0.15) is 0 Å². The molecule has 1 amide bonds. The molecule has 0 aliphatic carbocycles. The lowest BCUT2D eigenvalue weighted by Gasteiger charge is -2.07. The summed E-state index contributed by atoms with van der Waals surface area (Å²) in [5, 5.41) is 12.0. The first-order valence-electron chi connectivity index (χ1n) is 11.2. The maximum atomic E-state index is 13.1. The molecule has 36 heavy (non-hydrogen) atoms. The zero-order valence-corrected chi connectivity index (χ0v) is 20.1. The van der Waals surface area contributed by atoms with Gasteiger partial charge in [0.2, 0.25) is 0 Å². The van der Waals surface area contributed by atoms with Gasteiger partial charge in [0.25, 0.3) is 5.91 Å². The number of amides is 1. The topological polar surface area (TPSA) is 116 Å². The number of aromatic carboxylic acids is 1. The highest BCUT2D eigenvalue weighted by atomic mass is 32.2. The monoisotopic (exact) mass is 498 g/mol. The number of carbonyl (C=O) groups is 2. The SMILES string of the molecule is Cc1cc(-c2ccc(C(=O)O)cc2)c(/C=C2\C(=O)Nc3ccc(S(=O)(=O)Cc4ccccc4)cc32)[nH]1. The summed E-state index contributed by atoms with van der Waals surface area (Å²) in [4.78, 5) is 27.4. The van der Waals surface area contributed by atoms with Gasteiger partial charge in [-0.1, -0.05) is 42.5 Å². The number of benzene rings is 3. The van der Waals surface area contributed by atoms with Crippen molar-refractivity contribution in [1.82, 2.24) is 4.98 Å². The third kappa shape index (κ3) is 4.46. The Bertz CT molecular complexity index is 1630. The maximum Gasteiger partial charge on any atom is 0.335 e. The van der Waals surface area contributed by atoms with E-state index in [2.05, 4.69) is 10.3 Å². The van der Waals surface area contributed by atoms with Crippen LogP contribution in [0.5, 0.6) is 0 Å². The van der Waals surface area contributed by atoms with Gasteiger partial charge in [-0.3, -0.25) is 4.79 Å². The van der Waals surface area contributed by atoms with Crippen molar-refractivity contribution in [3.8, 4) is 11.1 Å². The predicted molar refractivity (Wildman–Crippen MR) is 138 cm³/mol. The van der Waals surface area contributed by atoms with E-state index in [-0.39, 0.29) is 22.1 Å². The average molecular weight is 499 g/mol. The fourth-order valence-electron chi connectivity index (χ4n) is 4.28. The molecule has 1 aliphatic heterocycles. The van der Waals surface area contributed by atoms with Crippen molar-refractivity contribution in [2.75, 3.05) is 5.32 Å². The first-order valence-corrected chi connectivity index (χ1v) is 12.8. The highest BCUT2D eigenvalue weighted by molar-refractivity contribution is 7.90. The normalized spacial score (nSPS) is 14.0. The van der Waals surface area contributed by atoms with Crippen molar-refractivity contribution in [3.63, 3.8) is 0 Å². The number of aromatic amines is 1. The van der Waals surface area contributed by atoms with Gasteiger partial charge in [-0.05, 0) is 60.5 Å². The molecule has 0 saturated heterocycles. The van der Waals surface area contributed by atoms with Crippen LogP contribution in [0.4, 0.5) is 5.69 Å². The van der Waals surface area contributed by atoms with Crippen LogP contribution >= 0.6 is 0 Å². The minimum atomic E-state index is -3.63. The average Bonchev–Trinajstić information content (AvgIpc) is 3.38. The molecule has 0 fully saturated rings. The number of carbonyl (C=O) groups excluding carboxylic acids is 1. The van der Waals surface area contributed by atoms with E-state index in [4.69, 9.17) is 0 Å². The standard InChI is InChI=1S/C28H22N2O5S/c1-17-13-22(19-7-9-20(10-8-19)28(32)33)26(29-17)15-24-23-14-21(11-12-25(23)30-27(24)31)36(34,35)16-18-5-3-2-4-6-18/h2-15,29H,16H2,1H3,(H,30,31)(H,32,33)/b24-15-. The number of carboxylic acids is 1. The molecule has 7 nitrogen and oxygen atoms in total. The lowest BCUT2D eigenvalue weighted by molar-refractivity contribution is -0.110. The molecule has 0 radical (unpaired) electrons. The number of sulfone groups is 1. The van der Waals surface area contributed by atoms with Gasteiger partial charge in [0.15, 0.2) is 9.84 Å². The molecule has 8 heteroatoms. The first kappa shape index (κ1) is 23.3. The third-order valence-electron chi connectivity index (χ3n) is 6.05. The lowest BCUT2D eigenvalue weighted by Crippen LogP contribution is -2.05. The van der Waals surface area contributed by atoms with Crippen molar-refractivity contribution in [2.45, 2.75) is 17.6 Å². The van der Waals surface area contributed by atoms with Crippen molar-refractivity contribution >= 4 is 39.1 Å². The second-order valence-corrected chi connectivity index (χ2v) is 10.6. The number of hydrogen-bond donors (Lipinski definition) is 3. The molecule has 4 aromatic rings. The molecule has 0 saturated carbocycles. The summed E-state index contributed by atoms with van der Waals surface area (Å²) in [6.07, 6.45) is 1.70. The van der Waals surface area contributed by atoms with Crippen LogP contribution in [0.25, 0.3) is 22.8 Å². The summed E-state index contributed by atoms with van der Waals surface area (Å²) in [6, 6.07) is 22.0. The Labute approximate surface area is 208 Å². The summed E-state index contributed by atoms with van der Waals surface area (Å²) >= 11 is 0. The molecule has 3 aromatic carbocycles. The molecular formula is C28H22N2O5S. The number of hydrogen-bond acceptors (Lipinski definition) is 4. The molecular weight excluding hydrogens is 476 g/mol. The quantitative estimate of drug-likeness (QED) is 0.318. The van der Waals surface area contributed by atoms with E-state index in [1.54, 1.807) is 48.5 Å².